The summed E-state index contributed by atoms with van der Waals surface area (Å²) >= 11 is 0. The highest BCUT2D eigenvalue weighted by Crippen LogP contribution is 2.49. The van der Waals surface area contributed by atoms with E-state index in [9.17, 15) is 5.11 Å². The van der Waals surface area contributed by atoms with E-state index in [1.54, 1.807) is 27.4 Å². The van der Waals surface area contributed by atoms with E-state index in [0.29, 0.717) is 22.8 Å². The van der Waals surface area contributed by atoms with Gasteiger partial charge in [-0.25, -0.2) is 0 Å². The van der Waals surface area contributed by atoms with E-state index in [1.807, 2.05) is 13.8 Å². The summed E-state index contributed by atoms with van der Waals surface area (Å²) in [6.07, 6.45) is -1.26. The first-order valence-corrected chi connectivity index (χ1v) is 6.21. The van der Waals surface area contributed by atoms with Crippen molar-refractivity contribution in [2.75, 3.05) is 21.3 Å². The summed E-state index contributed by atoms with van der Waals surface area (Å²) in [6, 6.07) is 1.75. The van der Waals surface area contributed by atoms with Gasteiger partial charge in [0.1, 0.15) is 11.9 Å². The van der Waals surface area contributed by atoms with Crippen molar-refractivity contribution < 1.29 is 24.1 Å². The van der Waals surface area contributed by atoms with Crippen LogP contribution in [-0.2, 0) is 4.74 Å². The number of rotatable bonds is 3. The Morgan fingerprint density at radius 1 is 1.00 bits per heavy atom. The fraction of sp³-hybridized carbons (Fsp3) is 0.571. The standard InChI is InChI=1S/C14H20O5/c1-7-11-9(16-3)6-10(17-4)14(18-5)12(11)13(15)8(2)19-7/h6-8,13,15H,1-5H3/t7-,8+,13+/m1/s1. The van der Waals surface area contributed by atoms with Gasteiger partial charge < -0.3 is 24.1 Å². The van der Waals surface area contributed by atoms with Crippen molar-refractivity contribution in [2.24, 2.45) is 0 Å². The monoisotopic (exact) mass is 268 g/mol. The topological polar surface area (TPSA) is 57.2 Å². The Kier molecular flexibility index (Phi) is 3.87. The Morgan fingerprint density at radius 3 is 2.16 bits per heavy atom. The predicted octanol–water partition coefficient (Wildman–Crippen LogP) is 2.23. The van der Waals surface area contributed by atoms with Gasteiger partial charge in [0.25, 0.3) is 0 Å². The zero-order chi connectivity index (χ0) is 14.2. The lowest BCUT2D eigenvalue weighted by atomic mass is 9.90. The minimum absolute atomic E-state index is 0.178. The summed E-state index contributed by atoms with van der Waals surface area (Å²) in [5.41, 5.74) is 1.50. The molecule has 1 heterocycles. The molecule has 1 aliphatic rings. The van der Waals surface area contributed by atoms with Crippen LogP contribution >= 0.6 is 0 Å². The van der Waals surface area contributed by atoms with Crippen LogP contribution in [0.1, 0.15) is 37.2 Å². The average Bonchev–Trinajstić information content (AvgIpc) is 2.42. The molecule has 19 heavy (non-hydrogen) atoms. The number of fused-ring (bicyclic) bond motifs is 1. The SMILES string of the molecule is COc1cc(OC)c2c(c1OC)[C@@H](O)[C@H](C)O[C@@H]2C. The summed E-state index contributed by atoms with van der Waals surface area (Å²) in [5.74, 6) is 1.71. The lowest BCUT2D eigenvalue weighted by Crippen LogP contribution is -2.28. The number of hydrogen-bond acceptors (Lipinski definition) is 5. The molecule has 0 unspecified atom stereocenters. The summed E-state index contributed by atoms with van der Waals surface area (Å²) in [6.45, 7) is 3.76. The molecule has 0 spiro atoms. The van der Waals surface area contributed by atoms with E-state index in [0.717, 1.165) is 5.56 Å². The van der Waals surface area contributed by atoms with E-state index in [-0.39, 0.29) is 12.2 Å². The van der Waals surface area contributed by atoms with E-state index >= 15 is 0 Å². The Labute approximate surface area is 113 Å². The quantitative estimate of drug-likeness (QED) is 0.911. The van der Waals surface area contributed by atoms with E-state index in [1.165, 1.54) is 0 Å². The molecule has 0 saturated carbocycles. The maximum absolute atomic E-state index is 10.4. The average molecular weight is 268 g/mol. The number of benzene rings is 1. The third-order valence-electron chi connectivity index (χ3n) is 3.50. The van der Waals surface area contributed by atoms with Crippen LogP contribution in [0.3, 0.4) is 0 Å². The minimum atomic E-state index is -0.773. The molecule has 106 valence electrons. The number of methoxy groups -OCH3 is 3. The minimum Gasteiger partial charge on any atom is -0.496 e. The molecule has 5 nitrogen and oxygen atoms in total. The maximum atomic E-state index is 10.4. The van der Waals surface area contributed by atoms with Crippen LogP contribution in [0.15, 0.2) is 6.07 Å². The second kappa shape index (κ2) is 5.27. The van der Waals surface area contributed by atoms with Gasteiger partial charge >= 0.3 is 0 Å². The maximum Gasteiger partial charge on any atom is 0.167 e. The molecular formula is C14H20O5. The van der Waals surface area contributed by atoms with Crippen LogP contribution < -0.4 is 14.2 Å². The van der Waals surface area contributed by atoms with Gasteiger partial charge in [0.15, 0.2) is 11.5 Å². The third-order valence-corrected chi connectivity index (χ3v) is 3.50. The molecule has 1 aromatic carbocycles. The van der Waals surface area contributed by atoms with Crippen molar-refractivity contribution in [3.05, 3.63) is 17.2 Å². The van der Waals surface area contributed by atoms with Gasteiger partial charge in [-0.3, -0.25) is 0 Å². The predicted molar refractivity (Wildman–Crippen MR) is 70.0 cm³/mol. The second-order valence-corrected chi connectivity index (χ2v) is 4.57. The molecule has 3 atom stereocenters. The van der Waals surface area contributed by atoms with Crippen molar-refractivity contribution >= 4 is 0 Å². The highest BCUT2D eigenvalue weighted by molar-refractivity contribution is 5.59. The van der Waals surface area contributed by atoms with Gasteiger partial charge in [-0.2, -0.15) is 0 Å². The summed E-state index contributed by atoms with van der Waals surface area (Å²) < 4.78 is 21.8. The first-order chi connectivity index (χ1) is 9.04. The van der Waals surface area contributed by atoms with Crippen molar-refractivity contribution in [1.29, 1.82) is 0 Å². The molecule has 0 saturated heterocycles. The van der Waals surface area contributed by atoms with E-state index < -0.39 is 6.10 Å². The molecule has 2 rings (SSSR count). The fourth-order valence-corrected chi connectivity index (χ4v) is 2.59. The zero-order valence-corrected chi connectivity index (χ0v) is 11.9. The second-order valence-electron chi connectivity index (χ2n) is 4.57. The number of hydrogen-bond donors (Lipinski definition) is 1. The van der Waals surface area contributed by atoms with Gasteiger partial charge in [0.05, 0.1) is 33.5 Å². The van der Waals surface area contributed by atoms with Gasteiger partial charge in [-0.05, 0) is 13.8 Å². The largest absolute Gasteiger partial charge is 0.496 e. The summed E-state index contributed by atoms with van der Waals surface area (Å²) in [5, 5.41) is 10.4. The first-order valence-electron chi connectivity index (χ1n) is 6.21. The smallest absolute Gasteiger partial charge is 0.167 e. The molecule has 5 heteroatoms. The normalized spacial score (nSPS) is 25.7. The van der Waals surface area contributed by atoms with Gasteiger partial charge in [0.2, 0.25) is 0 Å². The molecule has 1 N–H and O–H groups in total. The molecule has 0 aromatic heterocycles. The Bertz CT molecular complexity index is 471. The third kappa shape index (κ3) is 2.13. The highest BCUT2D eigenvalue weighted by Gasteiger charge is 2.36. The lowest BCUT2D eigenvalue weighted by molar-refractivity contribution is -0.0826. The molecule has 1 aromatic rings. The molecule has 0 bridgehead atoms. The van der Waals surface area contributed by atoms with Crippen LogP contribution in [-0.4, -0.2) is 32.5 Å². The number of aliphatic hydroxyl groups excluding tert-OH is 1. The molecule has 1 aliphatic heterocycles. The summed E-state index contributed by atoms with van der Waals surface area (Å²) in [4.78, 5) is 0. The molecule has 0 radical (unpaired) electrons. The van der Waals surface area contributed by atoms with E-state index in [2.05, 4.69) is 0 Å². The van der Waals surface area contributed by atoms with Crippen LogP contribution in [0.5, 0.6) is 17.2 Å². The van der Waals surface area contributed by atoms with Crippen molar-refractivity contribution in [3.8, 4) is 17.2 Å². The molecule has 0 fully saturated rings. The Balaban J connectivity index is 2.74. The number of ether oxygens (including phenoxy) is 4. The van der Waals surface area contributed by atoms with Gasteiger partial charge in [-0.15, -0.1) is 0 Å². The van der Waals surface area contributed by atoms with Crippen LogP contribution in [0.25, 0.3) is 0 Å². The molecule has 0 amide bonds. The van der Waals surface area contributed by atoms with Gasteiger partial charge in [0, 0.05) is 17.2 Å². The Hall–Kier alpha value is -1.46. The highest BCUT2D eigenvalue weighted by atomic mass is 16.5. The summed E-state index contributed by atoms with van der Waals surface area (Å²) in [7, 11) is 4.70. The van der Waals surface area contributed by atoms with Crippen molar-refractivity contribution in [2.45, 2.75) is 32.2 Å². The zero-order valence-electron chi connectivity index (χ0n) is 11.9. The van der Waals surface area contributed by atoms with Crippen LogP contribution in [0.2, 0.25) is 0 Å². The van der Waals surface area contributed by atoms with Crippen molar-refractivity contribution in [1.82, 2.24) is 0 Å². The molecular weight excluding hydrogens is 248 g/mol. The van der Waals surface area contributed by atoms with Crippen LogP contribution in [0.4, 0.5) is 0 Å². The van der Waals surface area contributed by atoms with Gasteiger partial charge in [-0.1, -0.05) is 0 Å². The number of aliphatic hydroxyl groups is 1. The van der Waals surface area contributed by atoms with Crippen molar-refractivity contribution in [3.63, 3.8) is 0 Å². The van der Waals surface area contributed by atoms with Crippen LogP contribution in [0, 0.1) is 0 Å². The molecule has 0 aliphatic carbocycles. The fourth-order valence-electron chi connectivity index (χ4n) is 2.59. The van der Waals surface area contributed by atoms with E-state index in [4.69, 9.17) is 18.9 Å². The Morgan fingerprint density at radius 2 is 1.63 bits per heavy atom. The lowest BCUT2D eigenvalue weighted by Gasteiger charge is -2.35. The first kappa shape index (κ1) is 14.0.